The quantitative estimate of drug-likeness (QED) is 0.750. The first kappa shape index (κ1) is 18.9. The maximum absolute atomic E-state index is 12.6. The number of benzene rings is 2. The van der Waals surface area contributed by atoms with Gasteiger partial charge in [0, 0.05) is 29.9 Å². The Labute approximate surface area is 170 Å². The van der Waals surface area contributed by atoms with E-state index in [0.717, 1.165) is 38.0 Å². The first-order valence-corrected chi connectivity index (χ1v) is 10.0. The van der Waals surface area contributed by atoms with E-state index >= 15 is 0 Å². The van der Waals surface area contributed by atoms with Crippen LogP contribution < -0.4 is 0 Å². The molecule has 1 atom stereocenters. The Balaban J connectivity index is 1.36. The lowest BCUT2D eigenvalue weighted by Gasteiger charge is -2.28. The molecule has 5 heteroatoms. The molecule has 2 heterocycles. The van der Waals surface area contributed by atoms with Gasteiger partial charge in [0.1, 0.15) is 6.10 Å². The fourth-order valence-electron chi connectivity index (χ4n) is 3.56. The third-order valence-corrected chi connectivity index (χ3v) is 5.43. The fraction of sp³-hybridized carbons (Fsp3) is 0.304. The van der Waals surface area contributed by atoms with Crippen LogP contribution in [-0.4, -0.2) is 43.3 Å². The second-order valence-corrected chi connectivity index (χ2v) is 7.55. The van der Waals surface area contributed by atoms with Crippen molar-refractivity contribution in [2.24, 2.45) is 4.99 Å². The van der Waals surface area contributed by atoms with Gasteiger partial charge in [0.15, 0.2) is 0 Å². The standard InChI is InChI=1S/C23H23ClN2O2/c24-21-7-5-20(6-8-21)23(27)26-12-9-18(10-13-26)15-17-1-3-19(4-2-17)22-16-25-11-14-28-22/h1-8,15-16,22H,9-14H2. The van der Waals surface area contributed by atoms with E-state index in [0.29, 0.717) is 17.2 Å². The summed E-state index contributed by atoms with van der Waals surface area (Å²) in [5.74, 6) is 0.0780. The highest BCUT2D eigenvalue weighted by atomic mass is 35.5. The Bertz CT molecular complexity index is 878. The van der Waals surface area contributed by atoms with Gasteiger partial charge >= 0.3 is 0 Å². The highest BCUT2D eigenvalue weighted by molar-refractivity contribution is 6.30. The van der Waals surface area contributed by atoms with Crippen molar-refractivity contribution in [3.8, 4) is 0 Å². The van der Waals surface area contributed by atoms with Gasteiger partial charge in [-0.2, -0.15) is 0 Å². The lowest BCUT2D eigenvalue weighted by atomic mass is 9.99. The Hall–Kier alpha value is -2.43. The summed E-state index contributed by atoms with van der Waals surface area (Å²) in [5.41, 5.74) is 4.39. The summed E-state index contributed by atoms with van der Waals surface area (Å²) >= 11 is 5.91. The summed E-state index contributed by atoms with van der Waals surface area (Å²) in [7, 11) is 0. The van der Waals surface area contributed by atoms with Gasteiger partial charge in [0.2, 0.25) is 0 Å². The molecule has 1 unspecified atom stereocenters. The topological polar surface area (TPSA) is 41.9 Å². The molecule has 0 bridgehead atoms. The normalized spacial score (nSPS) is 19.5. The molecule has 0 radical (unpaired) electrons. The molecule has 2 aromatic rings. The largest absolute Gasteiger partial charge is 0.366 e. The Morgan fingerprint density at radius 3 is 2.43 bits per heavy atom. The Morgan fingerprint density at radius 2 is 1.79 bits per heavy atom. The van der Waals surface area contributed by atoms with Gasteiger partial charge in [-0.25, -0.2) is 0 Å². The number of aliphatic imine (C=N–C) groups is 1. The highest BCUT2D eigenvalue weighted by Crippen LogP contribution is 2.23. The average molecular weight is 395 g/mol. The molecule has 144 valence electrons. The minimum absolute atomic E-state index is 0.0300. The van der Waals surface area contributed by atoms with Crippen molar-refractivity contribution in [2.75, 3.05) is 26.2 Å². The molecule has 0 spiro atoms. The zero-order chi connectivity index (χ0) is 19.3. The van der Waals surface area contributed by atoms with Crippen LogP contribution in [0.15, 0.2) is 59.1 Å². The summed E-state index contributed by atoms with van der Waals surface area (Å²) in [6.45, 7) is 2.92. The number of likely N-dealkylation sites (tertiary alicyclic amines) is 1. The highest BCUT2D eigenvalue weighted by Gasteiger charge is 2.20. The number of rotatable bonds is 3. The second kappa shape index (κ2) is 8.72. The summed E-state index contributed by atoms with van der Waals surface area (Å²) in [6.07, 6.45) is 5.89. The molecule has 1 saturated heterocycles. The van der Waals surface area contributed by atoms with Gasteiger partial charge in [0.25, 0.3) is 5.91 Å². The number of amides is 1. The van der Waals surface area contributed by atoms with Crippen LogP contribution in [0.3, 0.4) is 0 Å². The van der Waals surface area contributed by atoms with Gasteiger partial charge in [0.05, 0.1) is 13.2 Å². The second-order valence-electron chi connectivity index (χ2n) is 7.11. The number of carbonyl (C=O) groups is 1. The molecule has 0 N–H and O–H groups in total. The number of carbonyl (C=O) groups excluding carboxylic acids is 1. The van der Waals surface area contributed by atoms with E-state index in [2.05, 4.69) is 35.3 Å². The number of piperidine rings is 1. The van der Waals surface area contributed by atoms with Crippen LogP contribution in [0.25, 0.3) is 6.08 Å². The van der Waals surface area contributed by atoms with E-state index in [4.69, 9.17) is 16.3 Å². The van der Waals surface area contributed by atoms with Crippen molar-refractivity contribution >= 4 is 29.8 Å². The minimum atomic E-state index is -0.0300. The Morgan fingerprint density at radius 1 is 1.07 bits per heavy atom. The van der Waals surface area contributed by atoms with E-state index in [1.54, 1.807) is 24.3 Å². The molecule has 1 fully saturated rings. The molecule has 28 heavy (non-hydrogen) atoms. The van der Waals surface area contributed by atoms with Crippen LogP contribution in [0.2, 0.25) is 5.02 Å². The van der Waals surface area contributed by atoms with Crippen molar-refractivity contribution in [1.29, 1.82) is 0 Å². The van der Waals surface area contributed by atoms with Gasteiger partial charge in [-0.05, 0) is 48.2 Å². The van der Waals surface area contributed by atoms with Gasteiger partial charge in [-0.3, -0.25) is 9.79 Å². The van der Waals surface area contributed by atoms with Crippen molar-refractivity contribution in [3.63, 3.8) is 0 Å². The summed E-state index contributed by atoms with van der Waals surface area (Å²) in [4.78, 5) is 18.8. The van der Waals surface area contributed by atoms with E-state index in [1.807, 2.05) is 11.1 Å². The van der Waals surface area contributed by atoms with Crippen LogP contribution in [-0.2, 0) is 4.74 Å². The SMILES string of the molecule is O=C(c1ccc(Cl)cc1)N1CCC(=Cc2ccc(C3C=NCCO3)cc2)CC1. The first-order chi connectivity index (χ1) is 13.7. The van der Waals surface area contributed by atoms with Crippen LogP contribution in [0, 0.1) is 0 Å². The third-order valence-electron chi connectivity index (χ3n) is 5.18. The predicted octanol–water partition coefficient (Wildman–Crippen LogP) is 4.80. The predicted molar refractivity (Wildman–Crippen MR) is 113 cm³/mol. The van der Waals surface area contributed by atoms with Gasteiger partial charge in [-0.1, -0.05) is 47.5 Å². The molecule has 4 nitrogen and oxygen atoms in total. The maximum Gasteiger partial charge on any atom is 0.253 e. The minimum Gasteiger partial charge on any atom is -0.366 e. The lowest BCUT2D eigenvalue weighted by Crippen LogP contribution is -2.36. The molecule has 2 aliphatic heterocycles. The van der Waals surface area contributed by atoms with E-state index in [1.165, 1.54) is 11.1 Å². The molecular weight excluding hydrogens is 372 g/mol. The monoisotopic (exact) mass is 394 g/mol. The van der Waals surface area contributed by atoms with Crippen molar-refractivity contribution in [2.45, 2.75) is 18.9 Å². The average Bonchev–Trinajstić information content (AvgIpc) is 2.75. The van der Waals surface area contributed by atoms with Gasteiger partial charge in [-0.15, -0.1) is 0 Å². The lowest BCUT2D eigenvalue weighted by molar-refractivity contribution is 0.0744. The molecule has 2 aromatic carbocycles. The number of ether oxygens (including phenoxy) is 1. The van der Waals surface area contributed by atoms with E-state index < -0.39 is 0 Å². The fourth-order valence-corrected chi connectivity index (χ4v) is 3.69. The van der Waals surface area contributed by atoms with Crippen LogP contribution >= 0.6 is 11.6 Å². The van der Waals surface area contributed by atoms with Crippen molar-refractivity contribution < 1.29 is 9.53 Å². The smallest absolute Gasteiger partial charge is 0.253 e. The molecular formula is C23H23ClN2O2. The Kier molecular flexibility index (Phi) is 5.89. The molecule has 0 saturated carbocycles. The summed E-state index contributed by atoms with van der Waals surface area (Å²) < 4.78 is 5.72. The number of hydrogen-bond donors (Lipinski definition) is 0. The maximum atomic E-state index is 12.6. The zero-order valence-electron chi connectivity index (χ0n) is 15.7. The molecule has 0 aromatic heterocycles. The van der Waals surface area contributed by atoms with E-state index in [-0.39, 0.29) is 12.0 Å². The molecule has 2 aliphatic rings. The zero-order valence-corrected chi connectivity index (χ0v) is 16.4. The summed E-state index contributed by atoms with van der Waals surface area (Å²) in [6, 6.07) is 15.6. The summed E-state index contributed by atoms with van der Waals surface area (Å²) in [5, 5.41) is 0.647. The van der Waals surface area contributed by atoms with Crippen molar-refractivity contribution in [1.82, 2.24) is 4.90 Å². The third kappa shape index (κ3) is 4.51. The molecule has 0 aliphatic carbocycles. The van der Waals surface area contributed by atoms with Crippen LogP contribution in [0.1, 0.15) is 40.4 Å². The first-order valence-electron chi connectivity index (χ1n) is 9.65. The van der Waals surface area contributed by atoms with Crippen LogP contribution in [0.5, 0.6) is 0 Å². The number of nitrogens with zero attached hydrogens (tertiary/aromatic N) is 2. The van der Waals surface area contributed by atoms with Crippen LogP contribution in [0.4, 0.5) is 0 Å². The van der Waals surface area contributed by atoms with E-state index in [9.17, 15) is 4.79 Å². The van der Waals surface area contributed by atoms with Crippen molar-refractivity contribution in [3.05, 3.63) is 75.8 Å². The molecule has 4 rings (SSSR count). The number of halogens is 1. The van der Waals surface area contributed by atoms with Gasteiger partial charge < -0.3 is 9.64 Å². The number of hydrogen-bond acceptors (Lipinski definition) is 3. The molecule has 1 amide bonds.